The van der Waals surface area contributed by atoms with Crippen molar-refractivity contribution in [2.45, 2.75) is 305 Å². The molecule has 2 heterocycles. The average molecular weight is 1010 g/mol. The van der Waals surface area contributed by atoms with Crippen molar-refractivity contribution in [1.29, 1.82) is 0 Å². The largest absolute Gasteiger partial charge is 0.394 e. The molecule has 16 nitrogen and oxygen atoms in total. The van der Waals surface area contributed by atoms with Crippen molar-refractivity contribution in [2.24, 2.45) is 0 Å². The van der Waals surface area contributed by atoms with E-state index in [2.05, 4.69) is 19.2 Å². The quantitative estimate of drug-likeness (QED) is 0.0237. The lowest BCUT2D eigenvalue weighted by Gasteiger charge is -2.43. The number of nitrogens with one attached hydrogen (secondary N) is 1. The number of rotatable bonds is 44. The molecule has 0 bridgehead atoms. The summed E-state index contributed by atoms with van der Waals surface area (Å²) < 4.78 is 22.4. The smallest absolute Gasteiger partial charge is 0.249 e. The summed E-state index contributed by atoms with van der Waals surface area (Å²) in [5.41, 5.74) is 0. The standard InChI is InChI=1S/C54H103NO15/c1-3-5-7-9-11-13-15-17-18-19-20-21-22-23-24-26-28-30-32-34-36-42(58)52(66)55-40(45(59)41(57)35-33-31-29-27-25-16-14-12-10-8-6-4-2)38-67-53-51(65)49(63)47(61)44(70-53)39-68-54-50(64)48(62)46(60)43(37-56)69-54/h31,33,40-51,53-54,56-65H,3-30,32,34-39H2,1-2H3,(H,55,66)/b33-31+/t40-,41+,42+,43?,44?,45-,46-,47+,48?,49?,50?,51?,53+,54-/m0/s1. The topological polar surface area (TPSA) is 268 Å². The van der Waals surface area contributed by atoms with Crippen LogP contribution in [0.1, 0.15) is 219 Å². The molecule has 0 radical (unpaired) electrons. The lowest BCUT2D eigenvalue weighted by Crippen LogP contribution is -2.62. The highest BCUT2D eigenvalue weighted by Gasteiger charge is 2.48. The molecule has 70 heavy (non-hydrogen) atoms. The monoisotopic (exact) mass is 1010 g/mol. The SMILES string of the molecule is CCCCCCCCCCC/C=C/C[C@@H](O)[C@@H](O)[C@H](CO[C@@H]1OC(CO[C@H]2OC(CO)[C@H](O)C(O)C2O)[C@@H](O)C(O)C1O)NC(=O)[C@H](O)CCCCCCCCCCCCCCCCCCCCCC. The third-order valence-electron chi connectivity index (χ3n) is 14.2. The van der Waals surface area contributed by atoms with Crippen LogP contribution in [-0.4, -0.2) is 163 Å². The summed E-state index contributed by atoms with van der Waals surface area (Å²) in [6, 6.07) is -1.30. The summed E-state index contributed by atoms with van der Waals surface area (Å²) >= 11 is 0. The Morgan fingerprint density at radius 3 is 1.37 bits per heavy atom. The highest BCUT2D eigenvalue weighted by atomic mass is 16.7. The van der Waals surface area contributed by atoms with Crippen LogP contribution in [0.5, 0.6) is 0 Å². The van der Waals surface area contributed by atoms with Crippen LogP contribution in [0.25, 0.3) is 0 Å². The third kappa shape index (κ3) is 27.3. The predicted molar refractivity (Wildman–Crippen MR) is 271 cm³/mol. The second kappa shape index (κ2) is 41.0. The van der Waals surface area contributed by atoms with E-state index in [0.29, 0.717) is 6.42 Å². The van der Waals surface area contributed by atoms with Crippen molar-refractivity contribution in [1.82, 2.24) is 5.32 Å². The highest BCUT2D eigenvalue weighted by molar-refractivity contribution is 5.80. The van der Waals surface area contributed by atoms with E-state index in [0.717, 1.165) is 38.5 Å². The maximum atomic E-state index is 13.3. The van der Waals surface area contributed by atoms with Crippen LogP contribution in [0.15, 0.2) is 12.2 Å². The molecule has 0 aromatic rings. The van der Waals surface area contributed by atoms with Crippen molar-refractivity contribution < 1.29 is 74.8 Å². The fourth-order valence-electron chi connectivity index (χ4n) is 9.35. The number of aliphatic hydroxyl groups is 10. The Kier molecular flexibility index (Phi) is 37.9. The first-order valence-electron chi connectivity index (χ1n) is 28.1. The van der Waals surface area contributed by atoms with Gasteiger partial charge in [-0.1, -0.05) is 206 Å². The fourth-order valence-corrected chi connectivity index (χ4v) is 9.35. The minimum absolute atomic E-state index is 0.0672. The fraction of sp³-hybridized carbons (Fsp3) is 0.944. The molecule has 6 unspecified atom stereocenters. The first-order chi connectivity index (χ1) is 33.9. The van der Waals surface area contributed by atoms with E-state index in [-0.39, 0.29) is 12.8 Å². The summed E-state index contributed by atoms with van der Waals surface area (Å²) in [6.45, 7) is 2.65. The number of hydrogen-bond donors (Lipinski definition) is 11. The number of hydrogen-bond acceptors (Lipinski definition) is 15. The van der Waals surface area contributed by atoms with Crippen LogP contribution in [0.2, 0.25) is 0 Å². The molecule has 2 aliphatic heterocycles. The van der Waals surface area contributed by atoms with Crippen molar-refractivity contribution in [3.05, 3.63) is 12.2 Å². The molecule has 0 saturated carbocycles. The van der Waals surface area contributed by atoms with Gasteiger partial charge in [-0.3, -0.25) is 4.79 Å². The maximum absolute atomic E-state index is 13.3. The highest BCUT2D eigenvalue weighted by Crippen LogP contribution is 2.27. The number of carbonyl (C=O) groups is 1. The molecule has 2 saturated heterocycles. The Morgan fingerprint density at radius 2 is 0.914 bits per heavy atom. The minimum atomic E-state index is -1.83. The van der Waals surface area contributed by atoms with E-state index in [1.807, 2.05) is 6.08 Å². The third-order valence-corrected chi connectivity index (χ3v) is 14.2. The Balaban J connectivity index is 1.84. The second-order valence-corrected chi connectivity index (χ2v) is 20.4. The van der Waals surface area contributed by atoms with Gasteiger partial charge in [0.05, 0.1) is 32.0 Å². The summed E-state index contributed by atoms with van der Waals surface area (Å²) in [5, 5.41) is 108. The lowest BCUT2D eigenvalue weighted by molar-refractivity contribution is -0.331. The molecule has 414 valence electrons. The van der Waals surface area contributed by atoms with Crippen LogP contribution in [0.4, 0.5) is 0 Å². The molecule has 2 fully saturated rings. The zero-order valence-electron chi connectivity index (χ0n) is 43.5. The zero-order valence-corrected chi connectivity index (χ0v) is 43.5. The van der Waals surface area contributed by atoms with Gasteiger partial charge in [-0.25, -0.2) is 0 Å². The molecule has 1 amide bonds. The van der Waals surface area contributed by atoms with Crippen molar-refractivity contribution in [3.8, 4) is 0 Å². The second-order valence-electron chi connectivity index (χ2n) is 20.4. The van der Waals surface area contributed by atoms with Crippen LogP contribution >= 0.6 is 0 Å². The summed E-state index contributed by atoms with van der Waals surface area (Å²) in [4.78, 5) is 13.3. The molecule has 14 atom stereocenters. The first-order valence-corrected chi connectivity index (χ1v) is 28.1. The lowest BCUT2D eigenvalue weighted by atomic mass is 9.98. The number of unbranched alkanes of at least 4 members (excludes halogenated alkanes) is 28. The maximum Gasteiger partial charge on any atom is 0.249 e. The Hall–Kier alpha value is -1.35. The van der Waals surface area contributed by atoms with E-state index >= 15 is 0 Å². The van der Waals surface area contributed by atoms with Gasteiger partial charge in [-0.15, -0.1) is 0 Å². The normalized spacial score (nSPS) is 26.9. The number of amides is 1. The molecule has 11 N–H and O–H groups in total. The number of allylic oxidation sites excluding steroid dienone is 1. The molecule has 0 aliphatic carbocycles. The van der Waals surface area contributed by atoms with Gasteiger partial charge >= 0.3 is 0 Å². The molecular formula is C54H103NO15. The molecule has 0 aromatic carbocycles. The molecule has 0 aromatic heterocycles. The van der Waals surface area contributed by atoms with Crippen molar-refractivity contribution in [2.75, 3.05) is 19.8 Å². The van der Waals surface area contributed by atoms with E-state index < -0.39 is 111 Å². The molecule has 2 aliphatic rings. The van der Waals surface area contributed by atoms with Crippen molar-refractivity contribution in [3.63, 3.8) is 0 Å². The van der Waals surface area contributed by atoms with Gasteiger partial charge in [0, 0.05) is 0 Å². The van der Waals surface area contributed by atoms with Gasteiger partial charge in [-0.2, -0.15) is 0 Å². The summed E-state index contributed by atoms with van der Waals surface area (Å²) in [5.74, 6) is -0.773. The Morgan fingerprint density at radius 1 is 0.514 bits per heavy atom. The number of aliphatic hydroxyl groups excluding tert-OH is 10. The van der Waals surface area contributed by atoms with Crippen LogP contribution in [-0.2, 0) is 23.7 Å². The van der Waals surface area contributed by atoms with Crippen LogP contribution < -0.4 is 5.32 Å². The summed E-state index contributed by atoms with van der Waals surface area (Å²) in [6.07, 6.45) is 19.9. The minimum Gasteiger partial charge on any atom is -0.394 e. The van der Waals surface area contributed by atoms with Crippen LogP contribution in [0, 0.1) is 0 Å². The summed E-state index contributed by atoms with van der Waals surface area (Å²) in [7, 11) is 0. The van der Waals surface area contributed by atoms with E-state index in [4.69, 9.17) is 18.9 Å². The van der Waals surface area contributed by atoms with Gasteiger partial charge in [0.2, 0.25) is 5.91 Å². The number of ether oxygens (including phenoxy) is 4. The number of carbonyl (C=O) groups excluding carboxylic acids is 1. The van der Waals surface area contributed by atoms with E-state index in [1.54, 1.807) is 6.08 Å². The molecule has 2 rings (SSSR count). The van der Waals surface area contributed by atoms with E-state index in [9.17, 15) is 55.9 Å². The Bertz CT molecular complexity index is 1270. The van der Waals surface area contributed by atoms with Gasteiger partial charge < -0.3 is 75.3 Å². The first kappa shape index (κ1) is 64.8. The average Bonchev–Trinajstić information content (AvgIpc) is 3.36. The predicted octanol–water partition coefficient (Wildman–Crippen LogP) is 6.27. The van der Waals surface area contributed by atoms with Gasteiger partial charge in [0.25, 0.3) is 0 Å². The van der Waals surface area contributed by atoms with Gasteiger partial charge in [0.15, 0.2) is 12.6 Å². The van der Waals surface area contributed by atoms with Gasteiger partial charge in [0.1, 0.15) is 61.0 Å². The van der Waals surface area contributed by atoms with Crippen LogP contribution in [0.3, 0.4) is 0 Å². The molecule has 0 spiro atoms. The Labute approximate surface area is 421 Å². The molecule has 16 heteroatoms. The van der Waals surface area contributed by atoms with Crippen molar-refractivity contribution >= 4 is 5.91 Å². The zero-order chi connectivity index (χ0) is 51.4. The molecular weight excluding hydrogens is 903 g/mol. The van der Waals surface area contributed by atoms with Gasteiger partial charge in [-0.05, 0) is 25.7 Å². The van der Waals surface area contributed by atoms with E-state index in [1.165, 1.54) is 148 Å².